The van der Waals surface area contributed by atoms with Crippen LogP contribution in [0.4, 0.5) is 0 Å². The van der Waals surface area contributed by atoms with Crippen LogP contribution in [-0.2, 0) is 28.6 Å². The Morgan fingerprint density at radius 2 is 0.686 bits per heavy atom. The Labute approximate surface area is 317 Å². The number of esters is 3. The van der Waals surface area contributed by atoms with Crippen LogP contribution in [0.5, 0.6) is 0 Å². The van der Waals surface area contributed by atoms with Crippen molar-refractivity contribution in [2.75, 3.05) is 13.2 Å². The van der Waals surface area contributed by atoms with Crippen molar-refractivity contribution in [2.24, 2.45) is 17.8 Å². The van der Waals surface area contributed by atoms with Crippen LogP contribution >= 0.6 is 0 Å². The molecule has 6 nitrogen and oxygen atoms in total. The van der Waals surface area contributed by atoms with Crippen LogP contribution in [0.2, 0.25) is 0 Å². The van der Waals surface area contributed by atoms with Crippen LogP contribution in [0, 0.1) is 17.8 Å². The van der Waals surface area contributed by atoms with Crippen LogP contribution < -0.4 is 0 Å². The molecule has 0 radical (unpaired) electrons. The zero-order chi connectivity index (χ0) is 37.8. The molecule has 0 aromatic carbocycles. The average molecular weight is 723 g/mol. The number of carbonyl (C=O) groups is 3. The van der Waals surface area contributed by atoms with Gasteiger partial charge in [-0.25, -0.2) is 0 Å². The predicted octanol–water partition coefficient (Wildman–Crippen LogP) is 13.7. The van der Waals surface area contributed by atoms with Crippen molar-refractivity contribution >= 4 is 17.9 Å². The molecular weight excluding hydrogens is 636 g/mol. The first-order valence-electron chi connectivity index (χ1n) is 22.1. The highest BCUT2D eigenvalue weighted by molar-refractivity contribution is 5.71. The molecule has 0 aromatic heterocycles. The highest BCUT2D eigenvalue weighted by Crippen LogP contribution is 2.17. The van der Waals surface area contributed by atoms with Gasteiger partial charge in [0, 0.05) is 19.3 Å². The molecule has 0 aliphatic carbocycles. The van der Waals surface area contributed by atoms with Crippen LogP contribution in [0.15, 0.2) is 0 Å². The fourth-order valence-corrected chi connectivity index (χ4v) is 6.49. The molecule has 51 heavy (non-hydrogen) atoms. The summed E-state index contributed by atoms with van der Waals surface area (Å²) in [6.07, 6.45) is 32.4. The fourth-order valence-electron chi connectivity index (χ4n) is 6.49. The van der Waals surface area contributed by atoms with E-state index in [0.717, 1.165) is 75.5 Å². The van der Waals surface area contributed by atoms with Gasteiger partial charge in [0.25, 0.3) is 0 Å². The Bertz CT molecular complexity index is 794. The number of rotatable bonds is 38. The van der Waals surface area contributed by atoms with E-state index in [9.17, 15) is 14.4 Å². The smallest absolute Gasteiger partial charge is 0.306 e. The molecule has 0 bridgehead atoms. The first-order valence-corrected chi connectivity index (χ1v) is 22.1. The topological polar surface area (TPSA) is 78.9 Å². The minimum absolute atomic E-state index is 0.0674. The van der Waals surface area contributed by atoms with E-state index in [1.807, 2.05) is 0 Å². The highest BCUT2D eigenvalue weighted by Gasteiger charge is 2.19. The van der Waals surface area contributed by atoms with Crippen LogP contribution in [0.3, 0.4) is 0 Å². The minimum atomic E-state index is -0.762. The van der Waals surface area contributed by atoms with E-state index in [-0.39, 0.29) is 31.1 Å². The number of unbranched alkanes of at least 4 members (excludes halogenated alkanes) is 20. The lowest BCUT2D eigenvalue weighted by molar-refractivity contribution is -0.167. The van der Waals surface area contributed by atoms with Gasteiger partial charge in [-0.2, -0.15) is 0 Å². The molecule has 0 N–H and O–H groups in total. The zero-order valence-electron chi connectivity index (χ0n) is 34.9. The van der Waals surface area contributed by atoms with Crippen molar-refractivity contribution < 1.29 is 28.6 Å². The summed E-state index contributed by atoms with van der Waals surface area (Å²) in [5, 5.41) is 0. The monoisotopic (exact) mass is 723 g/mol. The van der Waals surface area contributed by atoms with Crippen molar-refractivity contribution in [3.63, 3.8) is 0 Å². The van der Waals surface area contributed by atoms with Crippen LogP contribution in [-0.4, -0.2) is 37.2 Å². The maximum absolute atomic E-state index is 12.7. The maximum atomic E-state index is 12.7. The summed E-state index contributed by atoms with van der Waals surface area (Å²) in [7, 11) is 0. The Hall–Kier alpha value is -1.59. The van der Waals surface area contributed by atoms with Gasteiger partial charge < -0.3 is 14.2 Å². The molecule has 0 fully saturated rings. The minimum Gasteiger partial charge on any atom is -0.462 e. The van der Waals surface area contributed by atoms with Gasteiger partial charge in [0.05, 0.1) is 0 Å². The summed E-state index contributed by atoms with van der Waals surface area (Å²) in [4.78, 5) is 37.6. The standard InChI is InChI=1S/C45H86O6/c1-7-41(6)33-27-21-17-18-23-29-35-44(47)50-38-42(37-49-43(46)34-28-22-15-12-11-14-20-26-32-40(4)5)51-45(48)36-30-24-16-10-8-9-13-19-25-31-39(2)3/h39-42H,7-38H2,1-6H3/t41?,42-/m0/s1. The molecule has 2 atom stereocenters. The molecule has 0 aliphatic heterocycles. The molecule has 0 spiro atoms. The van der Waals surface area contributed by atoms with Gasteiger partial charge >= 0.3 is 17.9 Å². The van der Waals surface area contributed by atoms with E-state index in [2.05, 4.69) is 41.5 Å². The SMILES string of the molecule is CCC(C)CCCCCCCCC(=O)OC[C@H](COC(=O)CCCCCCCCCCC(C)C)OC(=O)CCCCCCCCCCCC(C)C. The molecule has 0 aliphatic rings. The first kappa shape index (κ1) is 49.4. The summed E-state index contributed by atoms with van der Waals surface area (Å²) in [5.41, 5.74) is 0. The normalized spacial score (nSPS) is 12.7. The Morgan fingerprint density at radius 1 is 0.392 bits per heavy atom. The van der Waals surface area contributed by atoms with Crippen molar-refractivity contribution in [1.82, 2.24) is 0 Å². The molecule has 0 saturated heterocycles. The third kappa shape index (κ3) is 38.0. The summed E-state index contributed by atoms with van der Waals surface area (Å²) >= 11 is 0. The van der Waals surface area contributed by atoms with Gasteiger partial charge in [0.15, 0.2) is 6.10 Å². The largest absolute Gasteiger partial charge is 0.462 e. The Balaban J connectivity index is 4.37. The fraction of sp³-hybridized carbons (Fsp3) is 0.933. The molecular formula is C45H86O6. The Kier molecular flexibility index (Phi) is 35.6. The van der Waals surface area contributed by atoms with E-state index in [1.54, 1.807) is 0 Å². The van der Waals surface area contributed by atoms with Crippen molar-refractivity contribution in [3.05, 3.63) is 0 Å². The first-order chi connectivity index (χ1) is 24.6. The van der Waals surface area contributed by atoms with Gasteiger partial charge in [-0.15, -0.1) is 0 Å². The zero-order valence-corrected chi connectivity index (χ0v) is 34.9. The van der Waals surface area contributed by atoms with Crippen LogP contribution in [0.25, 0.3) is 0 Å². The molecule has 302 valence electrons. The summed E-state index contributed by atoms with van der Waals surface area (Å²) < 4.78 is 16.7. The second kappa shape index (κ2) is 36.8. The van der Waals surface area contributed by atoms with E-state index in [1.165, 1.54) is 116 Å². The Morgan fingerprint density at radius 3 is 1.02 bits per heavy atom. The van der Waals surface area contributed by atoms with E-state index < -0.39 is 6.10 Å². The van der Waals surface area contributed by atoms with Gasteiger partial charge in [0.1, 0.15) is 13.2 Å². The van der Waals surface area contributed by atoms with Crippen molar-refractivity contribution in [2.45, 2.75) is 240 Å². The quantitative estimate of drug-likeness (QED) is 0.0359. The van der Waals surface area contributed by atoms with E-state index in [4.69, 9.17) is 14.2 Å². The molecule has 0 rings (SSSR count). The number of hydrogen-bond acceptors (Lipinski definition) is 6. The second-order valence-electron chi connectivity index (χ2n) is 16.5. The summed E-state index contributed by atoms with van der Waals surface area (Å²) in [6, 6.07) is 0. The average Bonchev–Trinajstić information content (AvgIpc) is 3.09. The molecule has 0 saturated carbocycles. The third-order valence-corrected chi connectivity index (χ3v) is 10.3. The van der Waals surface area contributed by atoms with Crippen LogP contribution in [0.1, 0.15) is 234 Å². The summed E-state index contributed by atoms with van der Waals surface area (Å²) in [6.45, 7) is 13.6. The number of carbonyl (C=O) groups excluding carboxylic acids is 3. The molecule has 1 unspecified atom stereocenters. The maximum Gasteiger partial charge on any atom is 0.306 e. The number of ether oxygens (including phenoxy) is 3. The highest BCUT2D eigenvalue weighted by atomic mass is 16.6. The van der Waals surface area contributed by atoms with Gasteiger partial charge in [-0.05, 0) is 37.0 Å². The van der Waals surface area contributed by atoms with E-state index in [0.29, 0.717) is 19.3 Å². The summed E-state index contributed by atoms with van der Waals surface area (Å²) in [5.74, 6) is 1.55. The molecule has 0 heterocycles. The second-order valence-corrected chi connectivity index (χ2v) is 16.5. The van der Waals surface area contributed by atoms with E-state index >= 15 is 0 Å². The lowest BCUT2D eigenvalue weighted by atomic mass is 10.00. The lowest BCUT2D eigenvalue weighted by Gasteiger charge is -2.18. The molecule has 6 heteroatoms. The molecule has 0 amide bonds. The lowest BCUT2D eigenvalue weighted by Crippen LogP contribution is -2.30. The van der Waals surface area contributed by atoms with Gasteiger partial charge in [-0.3, -0.25) is 14.4 Å². The van der Waals surface area contributed by atoms with Gasteiger partial charge in [-0.1, -0.05) is 196 Å². The van der Waals surface area contributed by atoms with Gasteiger partial charge in [0.2, 0.25) is 0 Å². The predicted molar refractivity (Wildman–Crippen MR) is 215 cm³/mol. The number of hydrogen-bond donors (Lipinski definition) is 0. The van der Waals surface area contributed by atoms with Crippen molar-refractivity contribution in [3.8, 4) is 0 Å². The van der Waals surface area contributed by atoms with Crippen molar-refractivity contribution in [1.29, 1.82) is 0 Å². The third-order valence-electron chi connectivity index (χ3n) is 10.3. The molecule has 0 aromatic rings.